The third-order valence-electron chi connectivity index (χ3n) is 3.50. The average molecular weight is 339 g/mol. The summed E-state index contributed by atoms with van der Waals surface area (Å²) in [6.45, 7) is 1.87. The highest BCUT2D eigenvalue weighted by Crippen LogP contribution is 2.24. The Morgan fingerprint density at radius 3 is 2.68 bits per heavy atom. The van der Waals surface area contributed by atoms with Crippen LogP contribution in [-0.2, 0) is 16.1 Å². The first-order chi connectivity index (χ1) is 10.5. The zero-order valence-corrected chi connectivity index (χ0v) is 13.2. The van der Waals surface area contributed by atoms with E-state index in [1.165, 1.54) is 9.58 Å². The predicted octanol–water partition coefficient (Wildman–Crippen LogP) is 2.47. The fourth-order valence-corrected chi connectivity index (χ4v) is 2.59. The van der Waals surface area contributed by atoms with Gasteiger partial charge in [-0.2, -0.15) is 0 Å². The summed E-state index contributed by atoms with van der Waals surface area (Å²) in [5.41, 5.74) is 1.22. The third kappa shape index (κ3) is 2.71. The topological polar surface area (TPSA) is 68.1 Å². The molecule has 0 bridgehead atoms. The van der Waals surface area contributed by atoms with E-state index in [-0.39, 0.29) is 30.7 Å². The molecule has 2 amide bonds. The van der Waals surface area contributed by atoms with Crippen molar-refractivity contribution in [2.75, 3.05) is 0 Å². The van der Waals surface area contributed by atoms with Gasteiger partial charge in [0.2, 0.25) is 11.8 Å². The molecule has 1 saturated heterocycles. The number of imide groups is 1. The van der Waals surface area contributed by atoms with Crippen LogP contribution in [0.5, 0.6) is 0 Å². The van der Waals surface area contributed by atoms with Crippen LogP contribution in [0.3, 0.4) is 0 Å². The lowest BCUT2D eigenvalue weighted by atomic mass is 10.1. The highest BCUT2D eigenvalue weighted by Gasteiger charge is 2.35. The van der Waals surface area contributed by atoms with E-state index in [1.807, 2.05) is 0 Å². The number of likely N-dealkylation sites (tertiary alicyclic amines) is 1. The summed E-state index contributed by atoms with van der Waals surface area (Å²) in [5, 5.41) is 8.84. The van der Waals surface area contributed by atoms with Gasteiger partial charge in [0.25, 0.3) is 0 Å². The number of halogens is 2. The SMILES string of the molecule is C[C@@H]1CC(=O)N(Cc2cn(-c3ccc(Cl)c(Cl)c3)nn2)C1=O. The molecule has 2 aromatic rings. The van der Waals surface area contributed by atoms with Gasteiger partial charge in [-0.1, -0.05) is 35.3 Å². The first kappa shape index (κ1) is 15.0. The maximum absolute atomic E-state index is 11.9. The Kier molecular flexibility index (Phi) is 3.88. The van der Waals surface area contributed by atoms with Crippen molar-refractivity contribution in [3.63, 3.8) is 0 Å². The van der Waals surface area contributed by atoms with E-state index >= 15 is 0 Å². The number of benzene rings is 1. The van der Waals surface area contributed by atoms with Crippen LogP contribution < -0.4 is 0 Å². The van der Waals surface area contributed by atoms with Crippen molar-refractivity contribution in [2.45, 2.75) is 19.9 Å². The number of aromatic nitrogens is 3. The van der Waals surface area contributed by atoms with E-state index in [9.17, 15) is 9.59 Å². The number of amides is 2. The van der Waals surface area contributed by atoms with Crippen LogP contribution in [0, 0.1) is 5.92 Å². The Morgan fingerprint density at radius 2 is 2.05 bits per heavy atom. The number of rotatable bonds is 3. The molecule has 114 valence electrons. The maximum Gasteiger partial charge on any atom is 0.232 e. The highest BCUT2D eigenvalue weighted by atomic mass is 35.5. The second-order valence-electron chi connectivity index (χ2n) is 5.18. The number of hydrogen-bond donors (Lipinski definition) is 0. The van der Waals surface area contributed by atoms with Gasteiger partial charge in [0.05, 0.1) is 28.5 Å². The molecule has 0 spiro atoms. The van der Waals surface area contributed by atoms with Crippen molar-refractivity contribution in [1.82, 2.24) is 19.9 Å². The Hall–Kier alpha value is -1.92. The van der Waals surface area contributed by atoms with E-state index in [0.29, 0.717) is 21.4 Å². The first-order valence-corrected chi connectivity index (χ1v) is 7.42. The van der Waals surface area contributed by atoms with Crippen LogP contribution in [0.2, 0.25) is 10.0 Å². The van der Waals surface area contributed by atoms with E-state index in [0.717, 1.165) is 0 Å². The summed E-state index contributed by atoms with van der Waals surface area (Å²) < 4.78 is 1.52. The average Bonchev–Trinajstić information content (AvgIpc) is 3.03. The Morgan fingerprint density at radius 1 is 1.27 bits per heavy atom. The van der Waals surface area contributed by atoms with Gasteiger partial charge in [-0.3, -0.25) is 14.5 Å². The molecule has 0 saturated carbocycles. The molecule has 6 nitrogen and oxygen atoms in total. The number of nitrogens with zero attached hydrogens (tertiary/aromatic N) is 4. The molecule has 2 heterocycles. The van der Waals surface area contributed by atoms with Gasteiger partial charge >= 0.3 is 0 Å². The van der Waals surface area contributed by atoms with Crippen LogP contribution in [-0.4, -0.2) is 31.7 Å². The molecule has 22 heavy (non-hydrogen) atoms. The minimum Gasteiger partial charge on any atom is -0.276 e. The van der Waals surface area contributed by atoms with Crippen LogP contribution >= 0.6 is 23.2 Å². The zero-order valence-electron chi connectivity index (χ0n) is 11.7. The monoisotopic (exact) mass is 338 g/mol. The highest BCUT2D eigenvalue weighted by molar-refractivity contribution is 6.42. The van der Waals surface area contributed by atoms with Crippen molar-refractivity contribution in [3.05, 3.63) is 40.1 Å². The Balaban J connectivity index is 1.81. The predicted molar refractivity (Wildman–Crippen MR) is 80.7 cm³/mol. The van der Waals surface area contributed by atoms with Gasteiger partial charge in [0.15, 0.2) is 0 Å². The van der Waals surface area contributed by atoms with Crippen LogP contribution in [0.4, 0.5) is 0 Å². The van der Waals surface area contributed by atoms with E-state index in [1.54, 1.807) is 31.3 Å². The largest absolute Gasteiger partial charge is 0.276 e. The van der Waals surface area contributed by atoms with Crippen molar-refractivity contribution >= 4 is 35.0 Å². The first-order valence-electron chi connectivity index (χ1n) is 6.66. The molecule has 1 aliphatic rings. The molecule has 0 aliphatic carbocycles. The molecule has 1 atom stereocenters. The molecule has 3 rings (SSSR count). The molecule has 0 unspecified atom stereocenters. The summed E-state index contributed by atoms with van der Waals surface area (Å²) in [5.74, 6) is -0.617. The number of carbonyl (C=O) groups is 2. The molecule has 1 aromatic carbocycles. The quantitative estimate of drug-likeness (QED) is 0.806. The summed E-state index contributed by atoms with van der Waals surface area (Å²) in [7, 11) is 0. The van der Waals surface area contributed by atoms with Gasteiger partial charge in [0, 0.05) is 12.3 Å². The van der Waals surface area contributed by atoms with Gasteiger partial charge in [-0.05, 0) is 18.2 Å². The standard InChI is InChI=1S/C14H12Cl2N4O2/c1-8-4-13(21)19(14(8)22)6-9-7-20(18-17-9)10-2-3-11(15)12(16)5-10/h2-3,5,7-8H,4,6H2,1H3/t8-/m1/s1. The maximum atomic E-state index is 11.9. The molecule has 0 radical (unpaired) electrons. The zero-order chi connectivity index (χ0) is 15.9. The fraction of sp³-hybridized carbons (Fsp3) is 0.286. The smallest absolute Gasteiger partial charge is 0.232 e. The molecule has 1 aromatic heterocycles. The lowest BCUT2D eigenvalue weighted by Gasteiger charge is -2.11. The van der Waals surface area contributed by atoms with Crippen molar-refractivity contribution in [3.8, 4) is 5.69 Å². The van der Waals surface area contributed by atoms with E-state index in [2.05, 4.69) is 10.3 Å². The van der Waals surface area contributed by atoms with Crippen LogP contribution in [0.1, 0.15) is 19.0 Å². The van der Waals surface area contributed by atoms with Gasteiger partial charge in [0.1, 0.15) is 5.69 Å². The summed E-state index contributed by atoms with van der Waals surface area (Å²) in [4.78, 5) is 24.9. The minimum absolute atomic E-state index is 0.128. The van der Waals surface area contributed by atoms with Crippen LogP contribution in [0.25, 0.3) is 5.69 Å². The van der Waals surface area contributed by atoms with Crippen LogP contribution in [0.15, 0.2) is 24.4 Å². The normalized spacial score (nSPS) is 18.3. The molecule has 8 heteroatoms. The Bertz CT molecular complexity index is 759. The molecule has 1 fully saturated rings. The molecule has 0 N–H and O–H groups in total. The number of carbonyl (C=O) groups excluding carboxylic acids is 2. The fourth-order valence-electron chi connectivity index (χ4n) is 2.30. The summed E-state index contributed by atoms with van der Waals surface area (Å²) in [6, 6.07) is 5.08. The van der Waals surface area contributed by atoms with E-state index < -0.39 is 0 Å². The Labute approximate surface area is 136 Å². The van der Waals surface area contributed by atoms with Crippen molar-refractivity contribution in [2.24, 2.45) is 5.92 Å². The lowest BCUT2D eigenvalue weighted by molar-refractivity contribution is -0.139. The number of hydrogen-bond acceptors (Lipinski definition) is 4. The second-order valence-corrected chi connectivity index (χ2v) is 5.99. The molecule has 1 aliphatic heterocycles. The van der Waals surface area contributed by atoms with Crippen molar-refractivity contribution < 1.29 is 9.59 Å². The third-order valence-corrected chi connectivity index (χ3v) is 4.24. The molecular weight excluding hydrogens is 327 g/mol. The minimum atomic E-state index is -0.266. The molecular formula is C14H12Cl2N4O2. The second kappa shape index (κ2) is 5.70. The van der Waals surface area contributed by atoms with E-state index in [4.69, 9.17) is 23.2 Å². The summed E-state index contributed by atoms with van der Waals surface area (Å²) >= 11 is 11.8. The lowest BCUT2D eigenvalue weighted by Crippen LogP contribution is -2.29. The summed E-state index contributed by atoms with van der Waals surface area (Å²) in [6.07, 6.45) is 1.91. The van der Waals surface area contributed by atoms with Crippen molar-refractivity contribution in [1.29, 1.82) is 0 Å². The van der Waals surface area contributed by atoms with Gasteiger partial charge < -0.3 is 0 Å². The van der Waals surface area contributed by atoms with Gasteiger partial charge in [-0.15, -0.1) is 5.10 Å². The van der Waals surface area contributed by atoms with Gasteiger partial charge in [-0.25, -0.2) is 4.68 Å².